The Hall–Kier alpha value is -3.06. The van der Waals surface area contributed by atoms with Crippen molar-refractivity contribution in [3.63, 3.8) is 0 Å². The van der Waals surface area contributed by atoms with E-state index in [9.17, 15) is 14.4 Å². The minimum Gasteiger partial charge on any atom is -0.495 e. The summed E-state index contributed by atoms with van der Waals surface area (Å²) in [5, 5.41) is 5.47. The van der Waals surface area contributed by atoms with Crippen molar-refractivity contribution >= 4 is 35.1 Å². The van der Waals surface area contributed by atoms with Gasteiger partial charge in [0.2, 0.25) is 0 Å². The highest BCUT2D eigenvalue weighted by Crippen LogP contribution is 2.27. The van der Waals surface area contributed by atoms with Gasteiger partial charge in [0.25, 0.3) is 11.8 Å². The van der Waals surface area contributed by atoms with Crippen LogP contribution >= 0.6 is 11.6 Å². The van der Waals surface area contributed by atoms with Gasteiger partial charge in [-0.2, -0.15) is 0 Å². The van der Waals surface area contributed by atoms with Crippen LogP contribution in [-0.2, 0) is 14.3 Å². The van der Waals surface area contributed by atoms with Crippen molar-refractivity contribution in [2.24, 2.45) is 0 Å². The molecule has 1 atom stereocenters. The molecule has 0 aliphatic carbocycles. The lowest BCUT2D eigenvalue weighted by atomic mass is 10.1. The van der Waals surface area contributed by atoms with Crippen LogP contribution in [0.5, 0.6) is 5.75 Å². The number of nitrogens with one attached hydrogen (secondary N) is 2. The van der Waals surface area contributed by atoms with Crippen LogP contribution in [0.3, 0.4) is 0 Å². The van der Waals surface area contributed by atoms with E-state index in [2.05, 4.69) is 10.6 Å². The lowest BCUT2D eigenvalue weighted by molar-refractivity contribution is -0.152. The smallest absolute Gasteiger partial charge is 0.326 e. The second-order valence-corrected chi connectivity index (χ2v) is 6.45. The number of hydrogen-bond donors (Lipinski definition) is 2. The second-order valence-electron chi connectivity index (χ2n) is 6.02. The molecule has 0 heterocycles. The van der Waals surface area contributed by atoms with Crippen molar-refractivity contribution in [3.05, 3.63) is 58.6 Å². The molecule has 2 amide bonds. The second kappa shape index (κ2) is 9.75. The van der Waals surface area contributed by atoms with Gasteiger partial charge in [-0.3, -0.25) is 14.4 Å². The molecular formula is C20H21ClN2O5. The van der Waals surface area contributed by atoms with Gasteiger partial charge in [-0.15, -0.1) is 0 Å². The number of halogens is 1. The molecule has 148 valence electrons. The predicted octanol–water partition coefficient (Wildman–Crippen LogP) is 2.96. The monoisotopic (exact) mass is 404 g/mol. The van der Waals surface area contributed by atoms with E-state index in [0.717, 1.165) is 5.56 Å². The van der Waals surface area contributed by atoms with Crippen molar-refractivity contribution in [2.45, 2.75) is 20.0 Å². The van der Waals surface area contributed by atoms with E-state index in [1.54, 1.807) is 30.3 Å². The number of aryl methyl sites for hydroxylation is 1. The maximum atomic E-state index is 12.3. The van der Waals surface area contributed by atoms with Crippen LogP contribution in [0.15, 0.2) is 42.5 Å². The van der Waals surface area contributed by atoms with Crippen LogP contribution < -0.4 is 15.4 Å². The van der Waals surface area contributed by atoms with Crippen molar-refractivity contribution in [1.29, 1.82) is 0 Å². The average Bonchev–Trinajstić information content (AvgIpc) is 2.66. The predicted molar refractivity (Wildman–Crippen MR) is 106 cm³/mol. The summed E-state index contributed by atoms with van der Waals surface area (Å²) in [5.41, 5.74) is 1.72. The Balaban J connectivity index is 1.87. The number of carbonyl (C=O) groups excluding carboxylic acids is 3. The first kappa shape index (κ1) is 21.2. The number of ether oxygens (including phenoxy) is 2. The molecule has 7 nitrogen and oxygen atoms in total. The fourth-order valence-corrected chi connectivity index (χ4v) is 2.52. The topological polar surface area (TPSA) is 93.7 Å². The van der Waals surface area contributed by atoms with Gasteiger partial charge in [-0.1, -0.05) is 29.3 Å². The van der Waals surface area contributed by atoms with E-state index in [1.807, 2.05) is 13.0 Å². The van der Waals surface area contributed by atoms with Gasteiger partial charge in [0, 0.05) is 10.6 Å². The normalized spacial score (nSPS) is 11.3. The Labute approximate surface area is 168 Å². The summed E-state index contributed by atoms with van der Waals surface area (Å²) in [4.78, 5) is 36.2. The van der Waals surface area contributed by atoms with Gasteiger partial charge in [-0.25, -0.2) is 0 Å². The number of benzene rings is 2. The average molecular weight is 405 g/mol. The highest BCUT2D eigenvalue weighted by atomic mass is 35.5. The number of rotatable bonds is 7. The summed E-state index contributed by atoms with van der Waals surface area (Å²) in [6, 6.07) is 11.7. The van der Waals surface area contributed by atoms with Crippen molar-refractivity contribution in [1.82, 2.24) is 5.32 Å². The van der Waals surface area contributed by atoms with Crippen molar-refractivity contribution < 1.29 is 23.9 Å². The number of hydrogen-bond acceptors (Lipinski definition) is 5. The van der Waals surface area contributed by atoms with E-state index in [0.29, 0.717) is 22.0 Å². The molecule has 2 N–H and O–H groups in total. The quantitative estimate of drug-likeness (QED) is 0.692. The van der Waals surface area contributed by atoms with Crippen molar-refractivity contribution in [2.75, 3.05) is 19.0 Å². The molecule has 0 aliphatic heterocycles. The van der Waals surface area contributed by atoms with Gasteiger partial charge < -0.3 is 20.1 Å². The molecule has 0 saturated heterocycles. The fourth-order valence-electron chi connectivity index (χ4n) is 2.35. The molecule has 2 aromatic rings. The fraction of sp³-hybridized carbons (Fsp3) is 0.250. The molecule has 2 rings (SSSR count). The van der Waals surface area contributed by atoms with E-state index in [-0.39, 0.29) is 6.54 Å². The van der Waals surface area contributed by atoms with Crippen LogP contribution in [0.1, 0.15) is 22.8 Å². The lowest BCUT2D eigenvalue weighted by Gasteiger charge is -2.15. The highest BCUT2D eigenvalue weighted by molar-refractivity contribution is 6.31. The van der Waals surface area contributed by atoms with Crippen LogP contribution in [-0.4, -0.2) is 37.5 Å². The van der Waals surface area contributed by atoms with Crippen LogP contribution in [0.2, 0.25) is 5.02 Å². The van der Waals surface area contributed by atoms with Gasteiger partial charge in [-0.05, 0) is 44.2 Å². The first-order valence-electron chi connectivity index (χ1n) is 8.49. The van der Waals surface area contributed by atoms with E-state index in [1.165, 1.54) is 20.1 Å². The molecular weight excluding hydrogens is 384 g/mol. The molecule has 8 heteroatoms. The van der Waals surface area contributed by atoms with E-state index >= 15 is 0 Å². The van der Waals surface area contributed by atoms with Crippen molar-refractivity contribution in [3.8, 4) is 5.75 Å². The standard InChI is InChI=1S/C20H21ClN2O5/c1-12-5-4-6-14(9-12)20(26)22-11-18(24)28-13(2)19(25)23-16-10-15(21)7-8-17(16)27-3/h4-10,13H,11H2,1-3H3,(H,22,26)(H,23,25)/t13-/m1/s1. The summed E-state index contributed by atoms with van der Waals surface area (Å²) in [6.07, 6.45) is -1.08. The zero-order chi connectivity index (χ0) is 20.7. The highest BCUT2D eigenvalue weighted by Gasteiger charge is 2.20. The minimum absolute atomic E-state index is 0.356. The Morgan fingerprint density at radius 3 is 2.57 bits per heavy atom. The van der Waals surface area contributed by atoms with E-state index in [4.69, 9.17) is 21.1 Å². The van der Waals surface area contributed by atoms with Crippen LogP contribution in [0.4, 0.5) is 5.69 Å². The summed E-state index contributed by atoms with van der Waals surface area (Å²) in [5.74, 6) is -1.27. The Bertz CT molecular complexity index is 885. The summed E-state index contributed by atoms with van der Waals surface area (Å²) < 4.78 is 10.2. The third-order valence-corrected chi connectivity index (χ3v) is 4.01. The summed E-state index contributed by atoms with van der Waals surface area (Å²) >= 11 is 5.92. The van der Waals surface area contributed by atoms with Crippen LogP contribution in [0, 0.1) is 6.92 Å². The van der Waals surface area contributed by atoms with Gasteiger partial charge in [0.1, 0.15) is 12.3 Å². The maximum absolute atomic E-state index is 12.3. The largest absolute Gasteiger partial charge is 0.495 e. The number of anilines is 1. The lowest BCUT2D eigenvalue weighted by Crippen LogP contribution is -2.35. The first-order valence-corrected chi connectivity index (χ1v) is 8.86. The Morgan fingerprint density at radius 2 is 1.89 bits per heavy atom. The molecule has 0 bridgehead atoms. The third kappa shape index (κ3) is 5.99. The molecule has 0 saturated carbocycles. The molecule has 0 aliphatic rings. The summed E-state index contributed by atoms with van der Waals surface area (Å²) in [7, 11) is 1.46. The zero-order valence-electron chi connectivity index (χ0n) is 15.7. The SMILES string of the molecule is COc1ccc(Cl)cc1NC(=O)[C@@H](C)OC(=O)CNC(=O)c1cccc(C)c1. The molecule has 0 radical (unpaired) electrons. The Kier molecular flexibility index (Phi) is 7.40. The van der Waals surface area contributed by atoms with Gasteiger partial charge in [0.15, 0.2) is 6.10 Å². The summed E-state index contributed by atoms with van der Waals surface area (Å²) in [6.45, 7) is 2.93. The number of carbonyl (C=O) groups is 3. The minimum atomic E-state index is -1.08. The molecule has 2 aromatic carbocycles. The number of methoxy groups -OCH3 is 1. The molecule has 0 fully saturated rings. The van der Waals surface area contributed by atoms with Gasteiger partial charge in [0.05, 0.1) is 12.8 Å². The molecule has 0 spiro atoms. The third-order valence-electron chi connectivity index (χ3n) is 3.77. The zero-order valence-corrected chi connectivity index (χ0v) is 16.5. The molecule has 28 heavy (non-hydrogen) atoms. The molecule has 0 aromatic heterocycles. The number of esters is 1. The van der Waals surface area contributed by atoms with E-state index < -0.39 is 23.9 Å². The Morgan fingerprint density at radius 1 is 1.14 bits per heavy atom. The molecule has 0 unspecified atom stereocenters. The number of amides is 2. The maximum Gasteiger partial charge on any atom is 0.326 e. The van der Waals surface area contributed by atoms with Gasteiger partial charge >= 0.3 is 5.97 Å². The first-order chi connectivity index (χ1) is 13.3. The van der Waals surface area contributed by atoms with Crippen LogP contribution in [0.25, 0.3) is 0 Å².